The minimum atomic E-state index is -4.14. The average molecular weight is 322 g/mol. The van der Waals surface area contributed by atoms with Crippen LogP contribution in [0, 0.1) is 11.7 Å². The van der Waals surface area contributed by atoms with E-state index in [4.69, 9.17) is 16.7 Å². The Bertz CT molecular complexity index is 634. The number of aliphatic carboxylic acids is 1. The fourth-order valence-electron chi connectivity index (χ4n) is 2.35. The fourth-order valence-corrected chi connectivity index (χ4v) is 3.99. The summed E-state index contributed by atoms with van der Waals surface area (Å²) < 4.78 is 40.3. The third-order valence-electron chi connectivity index (χ3n) is 3.35. The topological polar surface area (TPSA) is 83.5 Å². The smallest absolute Gasteiger partial charge is 0.308 e. The summed E-state index contributed by atoms with van der Waals surface area (Å²) in [7, 11) is -4.14. The standard InChI is InChI=1S/C12H13ClFNO4S/c13-8-4-2-6-10(11(8)14)20(18,19)15-9-5-1-3-7(9)12(16)17/h2,4,6-7,9,15H,1,3,5H2,(H,16,17). The van der Waals surface area contributed by atoms with Crippen LogP contribution in [0.2, 0.25) is 5.02 Å². The van der Waals surface area contributed by atoms with Gasteiger partial charge in [0, 0.05) is 6.04 Å². The summed E-state index contributed by atoms with van der Waals surface area (Å²) >= 11 is 5.55. The summed E-state index contributed by atoms with van der Waals surface area (Å²) in [6, 6.07) is 2.93. The van der Waals surface area contributed by atoms with E-state index in [0.29, 0.717) is 19.3 Å². The average Bonchev–Trinajstić information content (AvgIpc) is 2.79. The number of sulfonamides is 1. The predicted octanol–water partition coefficient (Wildman–Crippen LogP) is 2.01. The van der Waals surface area contributed by atoms with Gasteiger partial charge in [-0.2, -0.15) is 0 Å². The number of rotatable bonds is 4. The molecule has 1 aliphatic carbocycles. The van der Waals surface area contributed by atoms with Crippen molar-refractivity contribution in [2.45, 2.75) is 30.2 Å². The normalized spacial score (nSPS) is 22.9. The first-order valence-electron chi connectivity index (χ1n) is 6.02. The van der Waals surface area contributed by atoms with Gasteiger partial charge in [-0.05, 0) is 25.0 Å². The van der Waals surface area contributed by atoms with Crippen molar-refractivity contribution in [2.24, 2.45) is 5.92 Å². The number of carboxylic acid groups (broad SMARTS) is 1. The van der Waals surface area contributed by atoms with E-state index in [-0.39, 0.29) is 5.02 Å². The van der Waals surface area contributed by atoms with Gasteiger partial charge in [-0.3, -0.25) is 4.79 Å². The Hall–Kier alpha value is -1.18. The number of hydrogen-bond acceptors (Lipinski definition) is 3. The zero-order valence-corrected chi connectivity index (χ0v) is 11.9. The van der Waals surface area contributed by atoms with Gasteiger partial charge < -0.3 is 5.11 Å². The highest BCUT2D eigenvalue weighted by Gasteiger charge is 2.36. The van der Waals surface area contributed by atoms with Crippen molar-refractivity contribution in [3.63, 3.8) is 0 Å². The Morgan fingerprint density at radius 2 is 2.10 bits per heavy atom. The molecular formula is C12H13ClFNO4S. The first-order valence-corrected chi connectivity index (χ1v) is 7.88. The van der Waals surface area contributed by atoms with Crippen molar-refractivity contribution in [3.05, 3.63) is 29.0 Å². The highest BCUT2D eigenvalue weighted by Crippen LogP contribution is 2.28. The van der Waals surface area contributed by atoms with Gasteiger partial charge in [0.25, 0.3) is 0 Å². The lowest BCUT2D eigenvalue weighted by Crippen LogP contribution is -2.40. The number of benzene rings is 1. The molecule has 0 aliphatic heterocycles. The van der Waals surface area contributed by atoms with Crippen LogP contribution in [-0.4, -0.2) is 25.5 Å². The fraction of sp³-hybridized carbons (Fsp3) is 0.417. The number of nitrogens with one attached hydrogen (secondary N) is 1. The van der Waals surface area contributed by atoms with Crippen molar-refractivity contribution < 1.29 is 22.7 Å². The summed E-state index contributed by atoms with van der Waals surface area (Å²) in [6.07, 6.45) is 1.43. The molecule has 0 aromatic heterocycles. The molecule has 110 valence electrons. The molecular weight excluding hydrogens is 309 g/mol. The van der Waals surface area contributed by atoms with E-state index in [1.54, 1.807) is 0 Å². The van der Waals surface area contributed by atoms with Gasteiger partial charge in [-0.1, -0.05) is 24.1 Å². The Morgan fingerprint density at radius 1 is 1.40 bits per heavy atom. The molecule has 8 heteroatoms. The van der Waals surface area contributed by atoms with Crippen LogP contribution in [0.15, 0.2) is 23.1 Å². The molecule has 2 unspecified atom stereocenters. The Morgan fingerprint density at radius 3 is 2.75 bits per heavy atom. The van der Waals surface area contributed by atoms with Crippen molar-refractivity contribution in [1.82, 2.24) is 4.72 Å². The van der Waals surface area contributed by atoms with Crippen LogP contribution in [-0.2, 0) is 14.8 Å². The van der Waals surface area contributed by atoms with E-state index in [1.165, 1.54) is 12.1 Å². The van der Waals surface area contributed by atoms with Crippen molar-refractivity contribution >= 4 is 27.6 Å². The number of halogens is 2. The van der Waals surface area contributed by atoms with Crippen molar-refractivity contribution in [1.29, 1.82) is 0 Å². The van der Waals surface area contributed by atoms with Gasteiger partial charge in [0.15, 0.2) is 5.82 Å². The third-order valence-corrected chi connectivity index (χ3v) is 5.14. The Labute approximate surface area is 120 Å². The molecule has 1 saturated carbocycles. The summed E-state index contributed by atoms with van der Waals surface area (Å²) in [5.41, 5.74) is 0. The number of carboxylic acids is 1. The largest absolute Gasteiger partial charge is 0.481 e. The molecule has 2 atom stereocenters. The number of hydrogen-bond donors (Lipinski definition) is 2. The lowest BCUT2D eigenvalue weighted by atomic mass is 10.1. The lowest BCUT2D eigenvalue weighted by molar-refractivity contribution is -0.141. The molecule has 2 rings (SSSR count). The summed E-state index contributed by atoms with van der Waals surface area (Å²) in [6.45, 7) is 0. The maximum absolute atomic E-state index is 13.8. The Balaban J connectivity index is 2.28. The lowest BCUT2D eigenvalue weighted by Gasteiger charge is -2.18. The van der Waals surface area contributed by atoms with Crippen molar-refractivity contribution in [2.75, 3.05) is 0 Å². The van der Waals surface area contributed by atoms with Crippen LogP contribution in [0.5, 0.6) is 0 Å². The van der Waals surface area contributed by atoms with Crippen molar-refractivity contribution in [3.8, 4) is 0 Å². The molecule has 5 nitrogen and oxygen atoms in total. The highest BCUT2D eigenvalue weighted by molar-refractivity contribution is 7.89. The van der Waals surface area contributed by atoms with Crippen LogP contribution >= 0.6 is 11.6 Å². The van der Waals surface area contributed by atoms with Gasteiger partial charge in [-0.25, -0.2) is 17.5 Å². The van der Waals surface area contributed by atoms with Crippen LogP contribution in [0.1, 0.15) is 19.3 Å². The van der Waals surface area contributed by atoms with E-state index >= 15 is 0 Å². The monoisotopic (exact) mass is 321 g/mol. The number of carbonyl (C=O) groups is 1. The molecule has 1 fully saturated rings. The Kier molecular flexibility index (Phi) is 4.31. The minimum Gasteiger partial charge on any atom is -0.481 e. The van der Waals surface area contributed by atoms with Crippen LogP contribution in [0.3, 0.4) is 0 Å². The van der Waals surface area contributed by atoms with Gasteiger partial charge in [0.05, 0.1) is 10.9 Å². The summed E-state index contributed by atoms with van der Waals surface area (Å²) in [5.74, 6) is -2.87. The first kappa shape index (κ1) is 15.2. The van der Waals surface area contributed by atoms with Gasteiger partial charge in [-0.15, -0.1) is 0 Å². The second-order valence-corrected chi connectivity index (χ2v) is 6.74. The molecule has 0 bridgehead atoms. The second-order valence-electron chi connectivity index (χ2n) is 4.66. The van der Waals surface area contributed by atoms with Crippen LogP contribution in [0.25, 0.3) is 0 Å². The molecule has 0 spiro atoms. The zero-order chi connectivity index (χ0) is 14.9. The second kappa shape index (κ2) is 5.67. The molecule has 20 heavy (non-hydrogen) atoms. The summed E-state index contributed by atoms with van der Waals surface area (Å²) in [4.78, 5) is 10.5. The molecule has 1 aliphatic rings. The molecule has 0 amide bonds. The molecule has 0 saturated heterocycles. The minimum absolute atomic E-state index is 0.297. The quantitative estimate of drug-likeness (QED) is 0.888. The van der Waals surface area contributed by atoms with E-state index in [9.17, 15) is 17.6 Å². The maximum atomic E-state index is 13.8. The van der Waals surface area contributed by atoms with E-state index in [0.717, 1.165) is 6.07 Å². The van der Waals surface area contributed by atoms with E-state index in [2.05, 4.69) is 4.72 Å². The summed E-state index contributed by atoms with van der Waals surface area (Å²) in [5, 5.41) is 8.72. The van der Waals surface area contributed by atoms with Gasteiger partial charge in [0.2, 0.25) is 10.0 Å². The SMILES string of the molecule is O=C(O)C1CCCC1NS(=O)(=O)c1cccc(Cl)c1F. The maximum Gasteiger partial charge on any atom is 0.308 e. The predicted molar refractivity (Wildman–Crippen MR) is 70.5 cm³/mol. The van der Waals surface area contributed by atoms with E-state index in [1.807, 2.05) is 0 Å². The zero-order valence-electron chi connectivity index (χ0n) is 10.3. The molecule has 1 aromatic rings. The van der Waals surface area contributed by atoms with Gasteiger partial charge >= 0.3 is 5.97 Å². The van der Waals surface area contributed by atoms with Crippen LogP contribution < -0.4 is 4.72 Å². The van der Waals surface area contributed by atoms with Crippen LogP contribution in [0.4, 0.5) is 4.39 Å². The molecule has 2 N–H and O–H groups in total. The first-order chi connectivity index (χ1) is 9.33. The molecule has 1 aromatic carbocycles. The third kappa shape index (κ3) is 2.94. The molecule has 0 radical (unpaired) electrons. The highest BCUT2D eigenvalue weighted by atomic mass is 35.5. The molecule has 0 heterocycles. The van der Waals surface area contributed by atoms with Gasteiger partial charge in [0.1, 0.15) is 4.90 Å². The van der Waals surface area contributed by atoms with E-state index < -0.39 is 38.7 Å².